The van der Waals surface area contributed by atoms with Crippen molar-refractivity contribution >= 4 is 23.9 Å². The molecule has 0 amide bonds. The predicted molar refractivity (Wildman–Crippen MR) is 67.1 cm³/mol. The molecule has 7 nitrogen and oxygen atoms in total. The maximum Gasteiger partial charge on any atom is 0.335 e. The Kier molecular flexibility index (Phi) is 5.01. The van der Waals surface area contributed by atoms with Crippen LogP contribution in [0.2, 0.25) is 0 Å². The Labute approximate surface area is 109 Å². The smallest absolute Gasteiger partial charge is 0.335 e. The highest BCUT2D eigenvalue weighted by atomic mass is 16.4. The summed E-state index contributed by atoms with van der Waals surface area (Å²) in [7, 11) is 0. The number of carbonyl (C=O) groups excluding carboxylic acids is 1. The number of aldehydes is 1. The number of nitrogens with one attached hydrogen (secondary N) is 1. The van der Waals surface area contributed by atoms with E-state index in [4.69, 9.17) is 15.9 Å². The number of hydrogen-bond acceptors (Lipinski definition) is 5. The summed E-state index contributed by atoms with van der Waals surface area (Å²) in [6.45, 7) is 0. The number of carbonyl (C=O) groups is 3. The fourth-order valence-electron chi connectivity index (χ4n) is 1.49. The Morgan fingerprint density at radius 2 is 1.84 bits per heavy atom. The molecule has 102 valence electrons. The lowest BCUT2D eigenvalue weighted by molar-refractivity contribution is -0.137. The second-order valence-corrected chi connectivity index (χ2v) is 3.94. The highest BCUT2D eigenvalue weighted by Gasteiger charge is 2.20. The van der Waals surface area contributed by atoms with Gasteiger partial charge in [0.1, 0.15) is 6.29 Å². The highest BCUT2D eigenvalue weighted by molar-refractivity contribution is 5.88. The molecule has 2 atom stereocenters. The van der Waals surface area contributed by atoms with E-state index in [1.54, 1.807) is 0 Å². The lowest BCUT2D eigenvalue weighted by Gasteiger charge is -2.20. The predicted octanol–water partition coefficient (Wildman–Crippen LogP) is 0.166. The molecule has 1 aromatic rings. The van der Waals surface area contributed by atoms with Crippen LogP contribution in [0.1, 0.15) is 16.8 Å². The van der Waals surface area contributed by atoms with Crippen molar-refractivity contribution in [3.63, 3.8) is 0 Å². The van der Waals surface area contributed by atoms with Crippen molar-refractivity contribution in [2.24, 2.45) is 5.73 Å². The monoisotopic (exact) mass is 266 g/mol. The molecule has 0 aliphatic carbocycles. The van der Waals surface area contributed by atoms with E-state index in [9.17, 15) is 14.4 Å². The first-order chi connectivity index (χ1) is 8.93. The fraction of sp³-hybridized carbons (Fsp3) is 0.250. The molecule has 7 heteroatoms. The summed E-state index contributed by atoms with van der Waals surface area (Å²) in [5.41, 5.74) is 6.11. The zero-order chi connectivity index (χ0) is 14.4. The van der Waals surface area contributed by atoms with Crippen LogP contribution in [0.15, 0.2) is 24.3 Å². The van der Waals surface area contributed by atoms with Crippen LogP contribution in [0, 0.1) is 0 Å². The van der Waals surface area contributed by atoms with Crippen LogP contribution in [-0.4, -0.2) is 40.5 Å². The summed E-state index contributed by atoms with van der Waals surface area (Å²) >= 11 is 0. The van der Waals surface area contributed by atoms with E-state index >= 15 is 0 Å². The minimum absolute atomic E-state index is 0.111. The van der Waals surface area contributed by atoms with Crippen LogP contribution in [0.3, 0.4) is 0 Å². The SMILES string of the molecule is N[C@H](C=O)C(CC(=O)O)Nc1ccc(C(=O)O)cc1. The second-order valence-electron chi connectivity index (χ2n) is 3.94. The van der Waals surface area contributed by atoms with Crippen molar-refractivity contribution in [1.29, 1.82) is 0 Å². The van der Waals surface area contributed by atoms with Gasteiger partial charge in [0, 0.05) is 5.69 Å². The summed E-state index contributed by atoms with van der Waals surface area (Å²) < 4.78 is 0. The van der Waals surface area contributed by atoms with E-state index < -0.39 is 24.0 Å². The minimum atomic E-state index is -1.09. The molecule has 1 unspecified atom stereocenters. The quantitative estimate of drug-likeness (QED) is 0.517. The molecule has 1 aromatic carbocycles. The molecule has 0 aliphatic rings. The summed E-state index contributed by atoms with van der Waals surface area (Å²) in [6, 6.07) is 3.98. The number of anilines is 1. The Hall–Kier alpha value is -2.41. The molecular weight excluding hydrogens is 252 g/mol. The lowest BCUT2D eigenvalue weighted by Crippen LogP contribution is -2.42. The van der Waals surface area contributed by atoms with Crippen molar-refractivity contribution in [3.05, 3.63) is 29.8 Å². The Bertz CT molecular complexity index is 472. The van der Waals surface area contributed by atoms with Crippen molar-refractivity contribution in [3.8, 4) is 0 Å². The lowest BCUT2D eigenvalue weighted by atomic mass is 10.1. The number of rotatable bonds is 7. The molecule has 0 spiro atoms. The largest absolute Gasteiger partial charge is 0.481 e. The van der Waals surface area contributed by atoms with E-state index in [2.05, 4.69) is 5.32 Å². The molecule has 0 saturated heterocycles. The average molecular weight is 266 g/mol. The molecule has 1 rings (SSSR count). The summed E-state index contributed by atoms with van der Waals surface area (Å²) in [5.74, 6) is -2.14. The van der Waals surface area contributed by atoms with Crippen LogP contribution >= 0.6 is 0 Å². The Balaban J connectivity index is 2.80. The maximum absolute atomic E-state index is 10.7. The molecule has 0 aromatic heterocycles. The number of carboxylic acids is 2. The van der Waals surface area contributed by atoms with Gasteiger partial charge in [0.15, 0.2) is 0 Å². The third-order valence-corrected chi connectivity index (χ3v) is 2.50. The zero-order valence-electron chi connectivity index (χ0n) is 9.95. The van der Waals surface area contributed by atoms with Gasteiger partial charge in [-0.15, -0.1) is 0 Å². The average Bonchev–Trinajstić information content (AvgIpc) is 2.37. The minimum Gasteiger partial charge on any atom is -0.481 e. The normalized spacial score (nSPS) is 13.3. The number of aliphatic carboxylic acids is 1. The molecule has 5 N–H and O–H groups in total. The summed E-state index contributed by atoms with van der Waals surface area (Å²) in [4.78, 5) is 32.0. The number of benzene rings is 1. The van der Waals surface area contributed by atoms with E-state index in [0.717, 1.165) is 0 Å². The molecule has 0 radical (unpaired) electrons. The summed E-state index contributed by atoms with van der Waals surface area (Å²) in [6.07, 6.45) is 0.146. The van der Waals surface area contributed by atoms with Crippen LogP contribution in [0.5, 0.6) is 0 Å². The van der Waals surface area contributed by atoms with E-state index in [0.29, 0.717) is 12.0 Å². The fourth-order valence-corrected chi connectivity index (χ4v) is 1.49. The van der Waals surface area contributed by atoms with E-state index in [-0.39, 0.29) is 12.0 Å². The number of nitrogens with two attached hydrogens (primary N) is 1. The van der Waals surface area contributed by atoms with Crippen molar-refractivity contribution < 1.29 is 24.6 Å². The zero-order valence-corrected chi connectivity index (χ0v) is 9.95. The first kappa shape index (κ1) is 14.7. The van der Waals surface area contributed by atoms with Gasteiger partial charge in [-0.3, -0.25) is 4.79 Å². The van der Waals surface area contributed by atoms with Crippen LogP contribution in [0.4, 0.5) is 5.69 Å². The number of hydrogen-bond donors (Lipinski definition) is 4. The Morgan fingerprint density at radius 1 is 1.26 bits per heavy atom. The molecule has 0 aliphatic heterocycles. The standard InChI is InChI=1S/C12H14N2O5/c13-9(6-15)10(5-11(16)17)14-8-3-1-7(2-4-8)12(18)19/h1-4,6,9-10,14H,5,13H2,(H,16,17)(H,18,19)/t9-,10?/m1/s1. The van der Waals surface area contributed by atoms with Gasteiger partial charge < -0.3 is 26.1 Å². The van der Waals surface area contributed by atoms with Gasteiger partial charge in [-0.2, -0.15) is 0 Å². The number of aromatic carboxylic acids is 1. The van der Waals surface area contributed by atoms with Crippen molar-refractivity contribution in [2.75, 3.05) is 5.32 Å². The molecular formula is C12H14N2O5. The molecule has 0 fully saturated rings. The van der Waals surface area contributed by atoms with Gasteiger partial charge >= 0.3 is 11.9 Å². The first-order valence-corrected chi connectivity index (χ1v) is 5.46. The van der Waals surface area contributed by atoms with Gasteiger partial charge in [0.2, 0.25) is 0 Å². The third kappa shape index (κ3) is 4.40. The van der Waals surface area contributed by atoms with Gasteiger partial charge in [0.25, 0.3) is 0 Å². The van der Waals surface area contributed by atoms with Crippen LogP contribution in [0.25, 0.3) is 0 Å². The van der Waals surface area contributed by atoms with Crippen LogP contribution < -0.4 is 11.1 Å². The van der Waals surface area contributed by atoms with Gasteiger partial charge in [0.05, 0.1) is 24.1 Å². The van der Waals surface area contributed by atoms with E-state index in [1.807, 2.05) is 0 Å². The van der Waals surface area contributed by atoms with Crippen molar-refractivity contribution in [1.82, 2.24) is 0 Å². The van der Waals surface area contributed by atoms with Gasteiger partial charge in [-0.25, -0.2) is 4.79 Å². The third-order valence-electron chi connectivity index (χ3n) is 2.50. The number of carboxylic acid groups (broad SMARTS) is 2. The topological polar surface area (TPSA) is 130 Å². The molecule has 0 saturated carbocycles. The second kappa shape index (κ2) is 6.50. The first-order valence-electron chi connectivity index (χ1n) is 5.46. The Morgan fingerprint density at radius 3 is 2.26 bits per heavy atom. The maximum atomic E-state index is 10.7. The molecule has 0 heterocycles. The van der Waals surface area contributed by atoms with Gasteiger partial charge in [-0.1, -0.05) is 0 Å². The van der Waals surface area contributed by atoms with Gasteiger partial charge in [-0.05, 0) is 24.3 Å². The molecule has 0 bridgehead atoms. The van der Waals surface area contributed by atoms with Crippen LogP contribution in [-0.2, 0) is 9.59 Å². The summed E-state index contributed by atoms with van der Waals surface area (Å²) in [5, 5.41) is 20.3. The van der Waals surface area contributed by atoms with Crippen molar-refractivity contribution in [2.45, 2.75) is 18.5 Å². The van der Waals surface area contributed by atoms with E-state index in [1.165, 1.54) is 24.3 Å². The highest BCUT2D eigenvalue weighted by Crippen LogP contribution is 2.13. The molecule has 19 heavy (non-hydrogen) atoms.